The zero-order valence-electron chi connectivity index (χ0n) is 18.6. The van der Waals surface area contributed by atoms with E-state index in [1.54, 1.807) is 0 Å². The second kappa shape index (κ2) is 12.1. The summed E-state index contributed by atoms with van der Waals surface area (Å²) in [6.45, 7) is 4.80. The molecule has 0 fully saturated rings. The molecule has 0 aromatic heterocycles. The van der Waals surface area contributed by atoms with Crippen molar-refractivity contribution in [2.24, 2.45) is 0 Å². The molecule has 0 amide bonds. The number of ether oxygens (including phenoxy) is 1. The molecule has 31 heavy (non-hydrogen) atoms. The van der Waals surface area contributed by atoms with Crippen molar-refractivity contribution in [3.63, 3.8) is 0 Å². The second-order valence-electron chi connectivity index (χ2n) is 7.69. The number of aliphatic hydroxyl groups excluding tert-OH is 1. The molecule has 0 aliphatic heterocycles. The number of hydrogen-bond acceptors (Lipinski definition) is 3. The molecule has 0 saturated carbocycles. The van der Waals surface area contributed by atoms with Crippen molar-refractivity contribution in [3.8, 4) is 5.75 Å². The predicted molar refractivity (Wildman–Crippen MR) is 130 cm³/mol. The molecular formula is C28H33NO2. The summed E-state index contributed by atoms with van der Waals surface area (Å²) in [5.74, 6) is 0.879. The molecular weight excluding hydrogens is 382 g/mol. The van der Waals surface area contributed by atoms with E-state index in [0.29, 0.717) is 6.61 Å². The Hall–Kier alpha value is -2.88. The van der Waals surface area contributed by atoms with E-state index in [9.17, 15) is 0 Å². The fraction of sp³-hybridized carbons (Fsp3) is 0.286. The molecule has 0 unspecified atom stereocenters. The SMILES string of the molecule is CC/C(=C(\c1ccccc1)c1ccc(OCCN(C)CCCO)cc1)c1ccccc1. The van der Waals surface area contributed by atoms with Gasteiger partial charge in [0.1, 0.15) is 12.4 Å². The lowest BCUT2D eigenvalue weighted by Gasteiger charge is -2.18. The van der Waals surface area contributed by atoms with Gasteiger partial charge in [-0.05, 0) is 59.9 Å². The van der Waals surface area contributed by atoms with E-state index in [4.69, 9.17) is 9.84 Å². The summed E-state index contributed by atoms with van der Waals surface area (Å²) in [5, 5.41) is 8.94. The Morgan fingerprint density at radius 3 is 1.94 bits per heavy atom. The van der Waals surface area contributed by atoms with Crippen LogP contribution in [0, 0.1) is 0 Å². The quantitative estimate of drug-likeness (QED) is 0.405. The Morgan fingerprint density at radius 2 is 1.35 bits per heavy atom. The van der Waals surface area contributed by atoms with Crippen molar-refractivity contribution in [1.29, 1.82) is 0 Å². The fourth-order valence-corrected chi connectivity index (χ4v) is 3.77. The first-order valence-corrected chi connectivity index (χ1v) is 11.1. The molecule has 0 bridgehead atoms. The van der Waals surface area contributed by atoms with E-state index in [2.05, 4.69) is 104 Å². The van der Waals surface area contributed by atoms with E-state index >= 15 is 0 Å². The lowest BCUT2D eigenvalue weighted by molar-refractivity contribution is 0.213. The van der Waals surface area contributed by atoms with Crippen LogP contribution in [-0.2, 0) is 0 Å². The second-order valence-corrected chi connectivity index (χ2v) is 7.69. The minimum absolute atomic E-state index is 0.229. The average molecular weight is 416 g/mol. The number of aliphatic hydroxyl groups is 1. The van der Waals surface area contributed by atoms with Crippen LogP contribution in [0.1, 0.15) is 36.5 Å². The van der Waals surface area contributed by atoms with E-state index in [0.717, 1.165) is 31.7 Å². The Bertz CT molecular complexity index is 934. The molecule has 0 atom stereocenters. The smallest absolute Gasteiger partial charge is 0.119 e. The molecule has 162 valence electrons. The van der Waals surface area contributed by atoms with Crippen molar-refractivity contribution in [1.82, 2.24) is 4.90 Å². The fourth-order valence-electron chi connectivity index (χ4n) is 3.77. The third-order valence-electron chi connectivity index (χ3n) is 5.42. The minimum atomic E-state index is 0.229. The zero-order chi connectivity index (χ0) is 21.9. The molecule has 0 aliphatic carbocycles. The summed E-state index contributed by atoms with van der Waals surface area (Å²) < 4.78 is 5.95. The van der Waals surface area contributed by atoms with Gasteiger partial charge in [0.25, 0.3) is 0 Å². The van der Waals surface area contributed by atoms with Gasteiger partial charge in [-0.3, -0.25) is 0 Å². The van der Waals surface area contributed by atoms with Gasteiger partial charge in [0.15, 0.2) is 0 Å². The highest BCUT2D eigenvalue weighted by molar-refractivity contribution is 5.98. The number of benzene rings is 3. The Morgan fingerprint density at radius 1 is 0.774 bits per heavy atom. The first-order valence-electron chi connectivity index (χ1n) is 11.1. The molecule has 3 aromatic carbocycles. The minimum Gasteiger partial charge on any atom is -0.492 e. The highest BCUT2D eigenvalue weighted by Crippen LogP contribution is 2.34. The maximum atomic E-state index is 8.94. The van der Waals surface area contributed by atoms with Crippen LogP contribution in [0.2, 0.25) is 0 Å². The largest absolute Gasteiger partial charge is 0.492 e. The van der Waals surface area contributed by atoms with Crippen molar-refractivity contribution >= 4 is 11.1 Å². The number of rotatable bonds is 11. The first-order chi connectivity index (χ1) is 15.2. The molecule has 0 heterocycles. The standard InChI is InChI=1S/C28H33NO2/c1-3-27(23-11-6-4-7-12-23)28(24-13-8-5-9-14-24)25-15-17-26(18-16-25)31-22-20-29(2)19-10-21-30/h4-9,11-18,30H,3,10,19-22H2,1-2H3/b28-27-. The van der Waals surface area contributed by atoms with E-state index < -0.39 is 0 Å². The van der Waals surface area contributed by atoms with Gasteiger partial charge in [0.05, 0.1) is 0 Å². The molecule has 1 N–H and O–H groups in total. The number of allylic oxidation sites excluding steroid dienone is 1. The zero-order valence-corrected chi connectivity index (χ0v) is 18.6. The van der Waals surface area contributed by atoms with Gasteiger partial charge in [-0.15, -0.1) is 0 Å². The number of likely N-dealkylation sites (N-methyl/N-ethyl adjacent to an activating group) is 1. The maximum absolute atomic E-state index is 8.94. The summed E-state index contributed by atoms with van der Waals surface area (Å²) in [7, 11) is 2.05. The third-order valence-corrected chi connectivity index (χ3v) is 5.42. The molecule has 3 rings (SSSR count). The topological polar surface area (TPSA) is 32.7 Å². The molecule has 3 nitrogen and oxygen atoms in total. The highest BCUT2D eigenvalue weighted by Gasteiger charge is 2.13. The third kappa shape index (κ3) is 6.55. The number of nitrogens with zero attached hydrogens (tertiary/aromatic N) is 1. The van der Waals surface area contributed by atoms with Gasteiger partial charge in [-0.2, -0.15) is 0 Å². The summed E-state index contributed by atoms with van der Waals surface area (Å²) in [5.41, 5.74) is 6.28. The molecule has 0 radical (unpaired) electrons. The lowest BCUT2D eigenvalue weighted by atomic mass is 9.88. The Kier molecular flexibility index (Phi) is 8.89. The average Bonchev–Trinajstić information content (AvgIpc) is 2.83. The normalized spacial score (nSPS) is 12.0. The van der Waals surface area contributed by atoms with Gasteiger partial charge < -0.3 is 14.7 Å². The first kappa shape index (κ1) is 22.8. The maximum Gasteiger partial charge on any atom is 0.119 e. The van der Waals surface area contributed by atoms with Gasteiger partial charge in [0, 0.05) is 19.7 Å². The Balaban J connectivity index is 1.83. The molecule has 0 spiro atoms. The van der Waals surface area contributed by atoms with Gasteiger partial charge in [-0.25, -0.2) is 0 Å². The molecule has 3 aromatic rings. The van der Waals surface area contributed by atoms with Crippen LogP contribution in [0.25, 0.3) is 11.1 Å². The van der Waals surface area contributed by atoms with Gasteiger partial charge in [0.2, 0.25) is 0 Å². The Labute approximate surface area is 186 Å². The summed E-state index contributed by atoms with van der Waals surface area (Å²) in [6, 6.07) is 29.7. The van der Waals surface area contributed by atoms with Crippen LogP contribution < -0.4 is 4.74 Å². The molecule has 0 saturated heterocycles. The van der Waals surface area contributed by atoms with Crippen LogP contribution in [0.5, 0.6) is 5.75 Å². The number of hydrogen-bond donors (Lipinski definition) is 1. The van der Waals surface area contributed by atoms with Crippen LogP contribution in [-0.4, -0.2) is 43.4 Å². The monoisotopic (exact) mass is 415 g/mol. The van der Waals surface area contributed by atoms with Gasteiger partial charge in [-0.1, -0.05) is 79.7 Å². The molecule has 3 heteroatoms. The molecule has 0 aliphatic rings. The van der Waals surface area contributed by atoms with E-state index in [-0.39, 0.29) is 6.61 Å². The van der Waals surface area contributed by atoms with Crippen LogP contribution in [0.3, 0.4) is 0 Å². The van der Waals surface area contributed by atoms with E-state index in [1.807, 2.05) is 0 Å². The summed E-state index contributed by atoms with van der Waals surface area (Å²) >= 11 is 0. The highest BCUT2D eigenvalue weighted by atomic mass is 16.5. The van der Waals surface area contributed by atoms with Crippen LogP contribution >= 0.6 is 0 Å². The van der Waals surface area contributed by atoms with Crippen molar-refractivity contribution in [3.05, 3.63) is 102 Å². The van der Waals surface area contributed by atoms with Crippen LogP contribution in [0.15, 0.2) is 84.9 Å². The van der Waals surface area contributed by atoms with Crippen molar-refractivity contribution in [2.45, 2.75) is 19.8 Å². The predicted octanol–water partition coefficient (Wildman–Crippen LogP) is 5.75. The summed E-state index contributed by atoms with van der Waals surface area (Å²) in [4.78, 5) is 2.17. The summed E-state index contributed by atoms with van der Waals surface area (Å²) in [6.07, 6.45) is 1.74. The van der Waals surface area contributed by atoms with Crippen LogP contribution in [0.4, 0.5) is 0 Å². The van der Waals surface area contributed by atoms with Crippen molar-refractivity contribution < 1.29 is 9.84 Å². The van der Waals surface area contributed by atoms with E-state index in [1.165, 1.54) is 27.8 Å². The van der Waals surface area contributed by atoms with Gasteiger partial charge >= 0.3 is 0 Å². The lowest BCUT2D eigenvalue weighted by Crippen LogP contribution is -2.25. The van der Waals surface area contributed by atoms with Crippen molar-refractivity contribution in [2.75, 3.05) is 33.4 Å².